The third-order valence-electron chi connectivity index (χ3n) is 6.44. The number of aryl methyl sites for hydroxylation is 1. The van der Waals surface area contributed by atoms with Crippen molar-refractivity contribution in [3.63, 3.8) is 0 Å². The number of hydrogen-bond acceptors (Lipinski definition) is 5. The Labute approximate surface area is 223 Å². The van der Waals surface area contributed by atoms with Gasteiger partial charge in [-0.1, -0.05) is 103 Å². The first kappa shape index (κ1) is 31.3. The molecular formula is C28H42O7S2. The number of ether oxygens (including phenoxy) is 1. The first-order valence-corrected chi connectivity index (χ1v) is 16.3. The maximum absolute atomic E-state index is 11.7. The minimum atomic E-state index is -4.66. The van der Waals surface area contributed by atoms with E-state index in [-0.39, 0.29) is 5.75 Å². The van der Waals surface area contributed by atoms with Crippen LogP contribution in [0.4, 0.5) is 0 Å². The average molecular weight is 555 g/mol. The molecule has 0 aromatic heterocycles. The predicted molar refractivity (Wildman–Crippen MR) is 147 cm³/mol. The number of unbranched alkanes of at least 4 members (excludes halogenated alkanes) is 13. The SMILES string of the molecule is CCCCCCCCCCCCCCCCc1cccc(Oc2cc(S(=O)(=O)O)ccc2S(=O)(=O)O)c1. The minimum Gasteiger partial charge on any atom is -0.456 e. The molecule has 0 amide bonds. The Morgan fingerprint density at radius 1 is 0.649 bits per heavy atom. The Balaban J connectivity index is 1.74. The van der Waals surface area contributed by atoms with Gasteiger partial charge in [-0.15, -0.1) is 0 Å². The fraction of sp³-hybridized carbons (Fsp3) is 0.571. The van der Waals surface area contributed by atoms with Gasteiger partial charge in [0.1, 0.15) is 16.4 Å². The molecule has 0 saturated carbocycles. The Morgan fingerprint density at radius 3 is 1.70 bits per heavy atom. The molecule has 0 atom stereocenters. The summed E-state index contributed by atoms with van der Waals surface area (Å²) in [5.41, 5.74) is 1.01. The van der Waals surface area contributed by atoms with E-state index in [9.17, 15) is 25.9 Å². The molecule has 2 rings (SSSR count). The summed E-state index contributed by atoms with van der Waals surface area (Å²) in [6, 6.07) is 9.74. The maximum Gasteiger partial charge on any atom is 0.298 e. The molecule has 0 aliphatic heterocycles. The monoisotopic (exact) mass is 554 g/mol. The molecule has 0 aliphatic rings. The van der Waals surface area contributed by atoms with Crippen LogP contribution < -0.4 is 4.74 Å². The lowest BCUT2D eigenvalue weighted by atomic mass is 10.0. The molecule has 0 heterocycles. The van der Waals surface area contributed by atoms with Crippen molar-refractivity contribution >= 4 is 20.2 Å². The van der Waals surface area contributed by atoms with Crippen molar-refractivity contribution in [1.29, 1.82) is 0 Å². The Bertz CT molecular complexity index is 1160. The molecule has 0 bridgehead atoms. The molecule has 0 aliphatic carbocycles. The quantitative estimate of drug-likeness (QED) is 0.133. The molecule has 37 heavy (non-hydrogen) atoms. The number of rotatable bonds is 19. The van der Waals surface area contributed by atoms with Gasteiger partial charge in [-0.3, -0.25) is 9.11 Å². The molecule has 0 spiro atoms. The Kier molecular flexibility index (Phi) is 13.6. The highest BCUT2D eigenvalue weighted by Crippen LogP contribution is 2.32. The second-order valence-corrected chi connectivity index (χ2v) is 12.5. The second kappa shape index (κ2) is 16.1. The Morgan fingerprint density at radius 2 is 1.19 bits per heavy atom. The molecular weight excluding hydrogens is 512 g/mol. The van der Waals surface area contributed by atoms with E-state index in [4.69, 9.17) is 4.74 Å². The van der Waals surface area contributed by atoms with Crippen molar-refractivity contribution in [3.05, 3.63) is 48.0 Å². The van der Waals surface area contributed by atoms with Crippen LogP contribution in [0.2, 0.25) is 0 Å². The van der Waals surface area contributed by atoms with Gasteiger partial charge < -0.3 is 4.74 Å². The second-order valence-electron chi connectivity index (χ2n) is 9.65. The summed E-state index contributed by atoms with van der Waals surface area (Å²) < 4.78 is 70.7. The molecule has 0 fully saturated rings. The summed E-state index contributed by atoms with van der Waals surface area (Å²) >= 11 is 0. The molecule has 0 radical (unpaired) electrons. The van der Waals surface area contributed by atoms with Gasteiger partial charge in [0.25, 0.3) is 20.2 Å². The van der Waals surface area contributed by atoms with Crippen molar-refractivity contribution in [2.75, 3.05) is 0 Å². The van der Waals surface area contributed by atoms with E-state index in [0.717, 1.165) is 43.0 Å². The minimum absolute atomic E-state index is 0.306. The molecule has 2 aromatic carbocycles. The third kappa shape index (κ3) is 12.4. The van der Waals surface area contributed by atoms with Crippen LogP contribution in [0.25, 0.3) is 0 Å². The lowest BCUT2D eigenvalue weighted by Crippen LogP contribution is -2.04. The summed E-state index contributed by atoms with van der Waals surface area (Å²) in [6.07, 6.45) is 18.9. The van der Waals surface area contributed by atoms with Gasteiger partial charge in [-0.25, -0.2) is 0 Å². The first-order valence-electron chi connectivity index (χ1n) is 13.5. The first-order chi connectivity index (χ1) is 17.6. The van der Waals surface area contributed by atoms with Crippen molar-refractivity contribution < 1.29 is 30.7 Å². The zero-order valence-electron chi connectivity index (χ0n) is 21.9. The normalized spacial score (nSPS) is 12.1. The molecule has 208 valence electrons. The van der Waals surface area contributed by atoms with Gasteiger partial charge in [0.2, 0.25) is 0 Å². The fourth-order valence-electron chi connectivity index (χ4n) is 4.36. The third-order valence-corrected chi connectivity index (χ3v) is 8.18. The molecule has 7 nitrogen and oxygen atoms in total. The molecule has 9 heteroatoms. The summed E-state index contributed by atoms with van der Waals surface area (Å²) in [7, 11) is -9.24. The van der Waals surface area contributed by atoms with E-state index >= 15 is 0 Å². The van der Waals surface area contributed by atoms with Crippen molar-refractivity contribution in [2.45, 2.75) is 113 Å². The topological polar surface area (TPSA) is 118 Å². The highest BCUT2D eigenvalue weighted by atomic mass is 32.2. The van der Waals surface area contributed by atoms with Gasteiger partial charge in [-0.05, 0) is 42.7 Å². The van der Waals surface area contributed by atoms with Gasteiger partial charge >= 0.3 is 0 Å². The lowest BCUT2D eigenvalue weighted by Gasteiger charge is -2.12. The zero-order valence-corrected chi connectivity index (χ0v) is 23.5. The van der Waals surface area contributed by atoms with E-state index in [2.05, 4.69) is 6.92 Å². The van der Waals surface area contributed by atoms with Crippen LogP contribution >= 0.6 is 0 Å². The summed E-state index contributed by atoms with van der Waals surface area (Å²) in [6.45, 7) is 2.25. The average Bonchev–Trinajstić information content (AvgIpc) is 2.83. The summed E-state index contributed by atoms with van der Waals surface area (Å²) in [5.74, 6) is -0.0773. The van der Waals surface area contributed by atoms with Crippen LogP contribution in [-0.2, 0) is 26.7 Å². The predicted octanol–water partition coefficient (Wildman–Crippen LogP) is 8.00. The van der Waals surface area contributed by atoms with Gasteiger partial charge in [0.15, 0.2) is 0 Å². The van der Waals surface area contributed by atoms with Crippen LogP contribution in [0.15, 0.2) is 52.3 Å². The highest BCUT2D eigenvalue weighted by Gasteiger charge is 2.21. The van der Waals surface area contributed by atoms with E-state index in [1.165, 1.54) is 77.0 Å². The fourth-order valence-corrected chi connectivity index (χ4v) is 5.45. The van der Waals surface area contributed by atoms with Gasteiger partial charge in [-0.2, -0.15) is 16.8 Å². The maximum atomic E-state index is 11.7. The summed E-state index contributed by atoms with van der Waals surface area (Å²) in [5, 5.41) is 0. The standard InChI is InChI=1S/C28H42O7S2/c1-2-3-4-5-6-7-8-9-10-11-12-13-14-15-17-24-18-16-19-25(22-24)35-27-23-26(36(29,30)31)20-21-28(27)37(32,33)34/h16,18-23H,2-15,17H2,1H3,(H,29,30,31)(H,32,33,34). The molecule has 2 aromatic rings. The van der Waals surface area contributed by atoms with E-state index in [0.29, 0.717) is 5.75 Å². The van der Waals surface area contributed by atoms with Gasteiger partial charge in [0, 0.05) is 6.07 Å². The van der Waals surface area contributed by atoms with Crippen molar-refractivity contribution in [3.8, 4) is 11.5 Å². The summed E-state index contributed by atoms with van der Waals surface area (Å²) in [4.78, 5) is -1.12. The van der Waals surface area contributed by atoms with E-state index < -0.39 is 30.0 Å². The lowest BCUT2D eigenvalue weighted by molar-refractivity contribution is 0.445. The van der Waals surface area contributed by atoms with Crippen LogP contribution in [0.1, 0.15) is 102 Å². The highest BCUT2D eigenvalue weighted by molar-refractivity contribution is 7.86. The van der Waals surface area contributed by atoms with Gasteiger partial charge in [0.05, 0.1) is 4.90 Å². The smallest absolute Gasteiger partial charge is 0.298 e. The molecule has 0 saturated heterocycles. The molecule has 2 N–H and O–H groups in total. The van der Waals surface area contributed by atoms with Crippen LogP contribution in [-0.4, -0.2) is 25.9 Å². The molecule has 0 unspecified atom stereocenters. The van der Waals surface area contributed by atoms with Crippen molar-refractivity contribution in [2.24, 2.45) is 0 Å². The number of hydrogen-bond donors (Lipinski definition) is 2. The largest absolute Gasteiger partial charge is 0.456 e. The van der Waals surface area contributed by atoms with Crippen LogP contribution in [0.3, 0.4) is 0 Å². The number of benzene rings is 2. The van der Waals surface area contributed by atoms with E-state index in [1.807, 2.05) is 6.07 Å². The van der Waals surface area contributed by atoms with Crippen molar-refractivity contribution in [1.82, 2.24) is 0 Å². The van der Waals surface area contributed by atoms with Crippen LogP contribution in [0, 0.1) is 0 Å². The van der Waals surface area contributed by atoms with E-state index in [1.54, 1.807) is 18.2 Å². The zero-order chi connectivity index (χ0) is 27.2. The van der Waals surface area contributed by atoms with Crippen LogP contribution in [0.5, 0.6) is 11.5 Å². The Hall–Kier alpha value is -1.94.